The number of nitrogens with two attached hydrogens (primary N) is 1. The Morgan fingerprint density at radius 3 is 2.79 bits per heavy atom. The number of piperidine rings is 1. The SMILES string of the molecule is NC(=O)c1cccnc1N1CC[C@@]2(CCCN(Cc3ccc(F)c(F)c3)C2)C1. The van der Waals surface area contributed by atoms with E-state index in [1.165, 1.54) is 12.1 Å². The third-order valence-corrected chi connectivity index (χ3v) is 5.92. The van der Waals surface area contributed by atoms with E-state index in [1.807, 2.05) is 0 Å². The van der Waals surface area contributed by atoms with E-state index in [9.17, 15) is 13.6 Å². The highest BCUT2D eigenvalue weighted by Gasteiger charge is 2.42. The molecule has 3 heterocycles. The Morgan fingerprint density at radius 1 is 1.14 bits per heavy atom. The van der Waals surface area contributed by atoms with Crippen LogP contribution < -0.4 is 10.6 Å². The highest BCUT2D eigenvalue weighted by molar-refractivity contribution is 5.97. The third-order valence-electron chi connectivity index (χ3n) is 5.92. The molecule has 2 aliphatic heterocycles. The van der Waals surface area contributed by atoms with Crippen LogP contribution >= 0.6 is 0 Å². The van der Waals surface area contributed by atoms with Crippen molar-refractivity contribution in [3.8, 4) is 0 Å². The van der Waals surface area contributed by atoms with Gasteiger partial charge < -0.3 is 10.6 Å². The molecule has 1 aromatic heterocycles. The highest BCUT2D eigenvalue weighted by Crippen LogP contribution is 2.41. The molecule has 0 radical (unpaired) electrons. The number of aromatic nitrogens is 1. The van der Waals surface area contributed by atoms with Gasteiger partial charge in [-0.3, -0.25) is 9.69 Å². The molecule has 2 aliphatic rings. The minimum Gasteiger partial charge on any atom is -0.365 e. The van der Waals surface area contributed by atoms with Gasteiger partial charge in [0.1, 0.15) is 5.82 Å². The van der Waals surface area contributed by atoms with E-state index in [0.29, 0.717) is 17.9 Å². The van der Waals surface area contributed by atoms with Gasteiger partial charge in [-0.1, -0.05) is 6.07 Å². The van der Waals surface area contributed by atoms with E-state index in [4.69, 9.17) is 5.73 Å². The van der Waals surface area contributed by atoms with Crippen molar-refractivity contribution in [3.63, 3.8) is 0 Å². The Labute approximate surface area is 163 Å². The maximum atomic E-state index is 13.5. The molecule has 4 rings (SSSR count). The van der Waals surface area contributed by atoms with Crippen molar-refractivity contribution in [1.82, 2.24) is 9.88 Å². The Kier molecular flexibility index (Phi) is 5.02. The van der Waals surface area contributed by atoms with Gasteiger partial charge >= 0.3 is 0 Å². The lowest BCUT2D eigenvalue weighted by Crippen LogP contribution is -2.44. The van der Waals surface area contributed by atoms with Gasteiger partial charge in [-0.2, -0.15) is 0 Å². The number of primary amides is 1. The van der Waals surface area contributed by atoms with E-state index in [-0.39, 0.29) is 5.41 Å². The number of carbonyl (C=O) groups excluding carboxylic acids is 1. The summed E-state index contributed by atoms with van der Waals surface area (Å²) in [6.45, 7) is 4.09. The van der Waals surface area contributed by atoms with Crippen LogP contribution in [0.15, 0.2) is 36.5 Å². The lowest BCUT2D eigenvalue weighted by molar-refractivity contribution is 0.0985. The fourth-order valence-corrected chi connectivity index (χ4v) is 4.63. The smallest absolute Gasteiger partial charge is 0.252 e. The fraction of sp³-hybridized carbons (Fsp3) is 0.429. The van der Waals surface area contributed by atoms with Crippen LogP contribution in [-0.2, 0) is 6.54 Å². The zero-order chi connectivity index (χ0) is 19.7. The maximum absolute atomic E-state index is 13.5. The number of halogens is 2. The molecule has 2 saturated heterocycles. The summed E-state index contributed by atoms with van der Waals surface area (Å²) >= 11 is 0. The number of nitrogens with zero attached hydrogens (tertiary/aromatic N) is 3. The number of likely N-dealkylation sites (tertiary alicyclic amines) is 1. The van der Waals surface area contributed by atoms with Crippen LogP contribution in [-0.4, -0.2) is 42.0 Å². The van der Waals surface area contributed by atoms with Crippen molar-refractivity contribution >= 4 is 11.7 Å². The molecule has 5 nitrogen and oxygen atoms in total. The number of anilines is 1. The van der Waals surface area contributed by atoms with Crippen molar-refractivity contribution in [2.45, 2.75) is 25.8 Å². The van der Waals surface area contributed by atoms with Gasteiger partial charge in [-0.25, -0.2) is 13.8 Å². The van der Waals surface area contributed by atoms with E-state index < -0.39 is 17.5 Å². The van der Waals surface area contributed by atoms with Crippen molar-refractivity contribution < 1.29 is 13.6 Å². The molecule has 7 heteroatoms. The van der Waals surface area contributed by atoms with E-state index in [1.54, 1.807) is 24.4 Å². The van der Waals surface area contributed by atoms with Crippen molar-refractivity contribution in [3.05, 3.63) is 59.3 Å². The second-order valence-corrected chi connectivity index (χ2v) is 7.97. The number of rotatable bonds is 4. The van der Waals surface area contributed by atoms with Crippen molar-refractivity contribution in [1.29, 1.82) is 0 Å². The summed E-state index contributed by atoms with van der Waals surface area (Å²) in [6.07, 6.45) is 4.86. The van der Waals surface area contributed by atoms with E-state index in [2.05, 4.69) is 14.8 Å². The van der Waals surface area contributed by atoms with Crippen LogP contribution in [0.3, 0.4) is 0 Å². The summed E-state index contributed by atoms with van der Waals surface area (Å²) in [4.78, 5) is 20.6. The normalized spacial score (nSPS) is 22.7. The molecule has 2 fully saturated rings. The van der Waals surface area contributed by atoms with Crippen LogP contribution in [0.1, 0.15) is 35.2 Å². The lowest BCUT2D eigenvalue weighted by atomic mass is 9.79. The molecular formula is C21H24F2N4O. The molecule has 0 aliphatic carbocycles. The third kappa shape index (κ3) is 3.71. The van der Waals surface area contributed by atoms with E-state index >= 15 is 0 Å². The summed E-state index contributed by atoms with van der Waals surface area (Å²) in [5, 5.41) is 0. The second-order valence-electron chi connectivity index (χ2n) is 7.97. The van der Waals surface area contributed by atoms with Crippen LogP contribution in [0, 0.1) is 17.0 Å². The molecule has 0 unspecified atom stereocenters. The molecule has 1 amide bonds. The molecule has 0 saturated carbocycles. The molecule has 1 aromatic carbocycles. The van der Waals surface area contributed by atoms with Gasteiger partial charge in [0.05, 0.1) is 5.56 Å². The lowest BCUT2D eigenvalue weighted by Gasteiger charge is -2.40. The zero-order valence-corrected chi connectivity index (χ0v) is 15.7. The molecular weight excluding hydrogens is 362 g/mol. The van der Waals surface area contributed by atoms with Gasteiger partial charge in [0.25, 0.3) is 5.91 Å². The molecule has 2 N–H and O–H groups in total. The molecule has 148 valence electrons. The first-order valence-corrected chi connectivity index (χ1v) is 9.62. The predicted octanol–water partition coefficient (Wildman–Crippen LogP) is 2.95. The number of benzene rings is 1. The van der Waals surface area contributed by atoms with Crippen LogP contribution in [0.5, 0.6) is 0 Å². The topological polar surface area (TPSA) is 62.5 Å². The number of pyridine rings is 1. The molecule has 28 heavy (non-hydrogen) atoms. The average molecular weight is 386 g/mol. The Bertz CT molecular complexity index is 890. The Balaban J connectivity index is 1.47. The summed E-state index contributed by atoms with van der Waals surface area (Å²) in [5.41, 5.74) is 6.86. The van der Waals surface area contributed by atoms with Gasteiger partial charge in [0.15, 0.2) is 11.6 Å². The summed E-state index contributed by atoms with van der Waals surface area (Å²) < 4.78 is 26.7. The zero-order valence-electron chi connectivity index (χ0n) is 15.7. The number of carbonyl (C=O) groups is 1. The summed E-state index contributed by atoms with van der Waals surface area (Å²) in [7, 11) is 0. The van der Waals surface area contributed by atoms with Gasteiger partial charge in [0, 0.05) is 37.8 Å². The number of hydrogen-bond donors (Lipinski definition) is 1. The van der Waals surface area contributed by atoms with Crippen LogP contribution in [0.25, 0.3) is 0 Å². The largest absolute Gasteiger partial charge is 0.365 e. The Hall–Kier alpha value is -2.54. The fourth-order valence-electron chi connectivity index (χ4n) is 4.63. The first kappa shape index (κ1) is 18.8. The van der Waals surface area contributed by atoms with Crippen LogP contribution in [0.2, 0.25) is 0 Å². The highest BCUT2D eigenvalue weighted by atomic mass is 19.2. The number of amides is 1. The minimum atomic E-state index is -0.814. The van der Waals surface area contributed by atoms with Crippen molar-refractivity contribution in [2.75, 3.05) is 31.1 Å². The quantitative estimate of drug-likeness (QED) is 0.878. The van der Waals surface area contributed by atoms with Crippen molar-refractivity contribution in [2.24, 2.45) is 11.1 Å². The molecule has 1 atom stereocenters. The maximum Gasteiger partial charge on any atom is 0.252 e. The summed E-state index contributed by atoms with van der Waals surface area (Å²) in [6, 6.07) is 7.55. The molecule has 1 spiro atoms. The standard InChI is InChI=1S/C21H24F2N4O/c22-17-5-4-15(11-18(17)23)12-26-9-2-6-21(13-26)7-10-27(14-21)20-16(19(24)28)3-1-8-25-20/h1,3-5,8,11H,2,6-7,9-10,12-14H2,(H2,24,28)/t21-/m1/s1. The van der Waals surface area contributed by atoms with Gasteiger partial charge in [-0.15, -0.1) is 0 Å². The molecule has 2 aromatic rings. The monoisotopic (exact) mass is 386 g/mol. The predicted molar refractivity (Wildman–Crippen MR) is 103 cm³/mol. The summed E-state index contributed by atoms with van der Waals surface area (Å²) in [5.74, 6) is -1.42. The van der Waals surface area contributed by atoms with E-state index in [0.717, 1.165) is 51.0 Å². The minimum absolute atomic E-state index is 0.114. The second kappa shape index (κ2) is 7.47. The first-order valence-electron chi connectivity index (χ1n) is 9.62. The average Bonchev–Trinajstić information content (AvgIpc) is 3.08. The van der Waals surface area contributed by atoms with Crippen LogP contribution in [0.4, 0.5) is 14.6 Å². The first-order chi connectivity index (χ1) is 13.5. The Morgan fingerprint density at radius 2 is 2.00 bits per heavy atom. The van der Waals surface area contributed by atoms with Gasteiger partial charge in [-0.05, 0) is 55.6 Å². The number of hydrogen-bond acceptors (Lipinski definition) is 4. The molecule has 0 bridgehead atoms. The van der Waals surface area contributed by atoms with Gasteiger partial charge in [0.2, 0.25) is 0 Å².